The lowest BCUT2D eigenvalue weighted by Crippen LogP contribution is -2.11. The van der Waals surface area contributed by atoms with Crippen LogP contribution in [0, 0.1) is 0 Å². The average molecular weight is 234 g/mol. The Labute approximate surface area is 98.2 Å². The molecule has 0 aromatic carbocycles. The van der Waals surface area contributed by atoms with Crippen LogP contribution in [-0.2, 0) is 0 Å². The Kier molecular flexibility index (Phi) is 2.47. The van der Waals surface area contributed by atoms with E-state index in [0.717, 1.165) is 17.2 Å². The number of pyridine rings is 1. The lowest BCUT2D eigenvalue weighted by atomic mass is 10.0. The lowest BCUT2D eigenvalue weighted by molar-refractivity contribution is 0.592. The van der Waals surface area contributed by atoms with Crippen LogP contribution < -0.4 is 5.73 Å². The predicted octanol–water partition coefficient (Wildman–Crippen LogP) is 1.92. The molecule has 5 heteroatoms. The molecule has 3 rings (SSSR count). The number of thioether (sulfide) groups is 1. The van der Waals surface area contributed by atoms with E-state index in [4.69, 9.17) is 5.73 Å². The van der Waals surface area contributed by atoms with E-state index in [2.05, 4.69) is 10.2 Å². The third-order valence-corrected chi connectivity index (χ3v) is 4.09. The molecule has 0 unspecified atom stereocenters. The third kappa shape index (κ3) is 1.65. The fraction of sp³-hybridized carbons (Fsp3) is 0.455. The number of hydrogen-bond acceptors (Lipinski definition) is 4. The van der Waals surface area contributed by atoms with Crippen molar-refractivity contribution in [1.82, 2.24) is 14.6 Å². The molecule has 0 saturated carbocycles. The van der Waals surface area contributed by atoms with Gasteiger partial charge in [-0.05, 0) is 36.5 Å². The molecule has 16 heavy (non-hydrogen) atoms. The van der Waals surface area contributed by atoms with Gasteiger partial charge in [-0.3, -0.25) is 4.40 Å². The molecule has 1 fully saturated rings. The smallest absolute Gasteiger partial charge is 0.160 e. The zero-order chi connectivity index (χ0) is 11.0. The van der Waals surface area contributed by atoms with E-state index in [9.17, 15) is 0 Å². The van der Waals surface area contributed by atoms with E-state index in [1.165, 1.54) is 24.3 Å². The molecule has 0 bridgehead atoms. The molecule has 0 atom stereocenters. The van der Waals surface area contributed by atoms with Crippen molar-refractivity contribution >= 4 is 23.1 Å². The summed E-state index contributed by atoms with van der Waals surface area (Å²) in [6, 6.07) is 3.79. The van der Waals surface area contributed by atoms with Gasteiger partial charge in [-0.1, -0.05) is 0 Å². The van der Waals surface area contributed by atoms with E-state index in [-0.39, 0.29) is 0 Å². The van der Waals surface area contributed by atoms with Crippen LogP contribution >= 0.6 is 11.8 Å². The van der Waals surface area contributed by atoms with Crippen LogP contribution in [0.4, 0.5) is 5.69 Å². The number of nitrogen functional groups attached to an aromatic ring is 1. The minimum atomic E-state index is 0.540. The summed E-state index contributed by atoms with van der Waals surface area (Å²) in [5, 5.41) is 8.49. The molecule has 1 aliphatic heterocycles. The highest BCUT2D eigenvalue weighted by molar-refractivity contribution is 7.99. The summed E-state index contributed by atoms with van der Waals surface area (Å²) in [6.07, 6.45) is 4.31. The second-order valence-electron chi connectivity index (χ2n) is 4.14. The Hall–Kier alpha value is -1.23. The van der Waals surface area contributed by atoms with Crippen LogP contribution in [-0.4, -0.2) is 26.1 Å². The fourth-order valence-corrected chi connectivity index (χ4v) is 3.27. The van der Waals surface area contributed by atoms with E-state index in [1.807, 2.05) is 34.5 Å². The maximum atomic E-state index is 5.80. The van der Waals surface area contributed by atoms with Crippen molar-refractivity contribution in [2.24, 2.45) is 0 Å². The average Bonchev–Trinajstić information content (AvgIpc) is 2.73. The van der Waals surface area contributed by atoms with Crippen LogP contribution in [0.25, 0.3) is 5.65 Å². The highest BCUT2D eigenvalue weighted by Gasteiger charge is 2.20. The van der Waals surface area contributed by atoms with Gasteiger partial charge in [0.1, 0.15) is 5.82 Å². The first-order chi connectivity index (χ1) is 7.84. The molecule has 0 spiro atoms. The molecule has 1 saturated heterocycles. The monoisotopic (exact) mass is 234 g/mol. The van der Waals surface area contributed by atoms with Crippen molar-refractivity contribution in [3.05, 3.63) is 24.2 Å². The van der Waals surface area contributed by atoms with Crippen LogP contribution in [0.2, 0.25) is 0 Å². The Morgan fingerprint density at radius 2 is 2.06 bits per heavy atom. The Morgan fingerprint density at radius 3 is 2.88 bits per heavy atom. The summed E-state index contributed by atoms with van der Waals surface area (Å²) in [7, 11) is 0. The third-order valence-electron chi connectivity index (χ3n) is 3.04. The molecule has 4 nitrogen and oxygen atoms in total. The molecule has 0 amide bonds. The van der Waals surface area contributed by atoms with Crippen LogP contribution in [0.1, 0.15) is 24.6 Å². The van der Waals surface area contributed by atoms with Crippen LogP contribution in [0.15, 0.2) is 18.3 Å². The van der Waals surface area contributed by atoms with Crippen molar-refractivity contribution in [1.29, 1.82) is 0 Å². The number of fused-ring (bicyclic) bond motifs is 1. The summed E-state index contributed by atoms with van der Waals surface area (Å²) in [6.45, 7) is 0. The van der Waals surface area contributed by atoms with Crippen molar-refractivity contribution in [2.45, 2.75) is 18.8 Å². The molecular weight excluding hydrogens is 220 g/mol. The predicted molar refractivity (Wildman–Crippen MR) is 66.7 cm³/mol. The lowest BCUT2D eigenvalue weighted by Gasteiger charge is -2.19. The van der Waals surface area contributed by atoms with Crippen molar-refractivity contribution < 1.29 is 0 Å². The van der Waals surface area contributed by atoms with E-state index in [1.54, 1.807) is 0 Å². The number of nitrogens with two attached hydrogens (primary N) is 1. The van der Waals surface area contributed by atoms with Gasteiger partial charge in [0.25, 0.3) is 0 Å². The molecule has 0 radical (unpaired) electrons. The molecule has 1 aliphatic rings. The molecular formula is C11H14N4S. The first-order valence-corrected chi connectivity index (χ1v) is 6.68. The summed E-state index contributed by atoms with van der Waals surface area (Å²) in [4.78, 5) is 0. The minimum absolute atomic E-state index is 0.540. The van der Waals surface area contributed by atoms with Gasteiger partial charge in [0, 0.05) is 17.8 Å². The highest BCUT2D eigenvalue weighted by Crippen LogP contribution is 2.30. The largest absolute Gasteiger partial charge is 0.398 e. The van der Waals surface area contributed by atoms with Crippen molar-refractivity contribution in [2.75, 3.05) is 17.2 Å². The molecule has 84 valence electrons. The summed E-state index contributed by atoms with van der Waals surface area (Å²) in [5.41, 5.74) is 7.45. The maximum absolute atomic E-state index is 5.80. The molecule has 2 aromatic heterocycles. The van der Waals surface area contributed by atoms with E-state index >= 15 is 0 Å². The number of aromatic nitrogens is 3. The Morgan fingerprint density at radius 1 is 1.25 bits per heavy atom. The molecule has 2 N–H and O–H groups in total. The SMILES string of the molecule is Nc1ccc2nnc(C3CCSCC3)n2c1. The van der Waals surface area contributed by atoms with Crippen molar-refractivity contribution in [3.8, 4) is 0 Å². The quantitative estimate of drug-likeness (QED) is 0.819. The van der Waals surface area contributed by atoms with Gasteiger partial charge in [-0.2, -0.15) is 11.8 Å². The first kappa shape index (κ1) is 9.96. The molecule has 2 aromatic rings. The number of rotatable bonds is 1. The zero-order valence-electron chi connectivity index (χ0n) is 8.97. The van der Waals surface area contributed by atoms with Crippen molar-refractivity contribution in [3.63, 3.8) is 0 Å². The van der Waals surface area contributed by atoms with Gasteiger partial charge in [0.2, 0.25) is 0 Å². The summed E-state index contributed by atoms with van der Waals surface area (Å²) in [5.74, 6) is 4.06. The Bertz CT molecular complexity index is 502. The first-order valence-electron chi connectivity index (χ1n) is 5.52. The normalized spacial score (nSPS) is 18.0. The van der Waals surface area contributed by atoms with Gasteiger partial charge in [-0.25, -0.2) is 0 Å². The van der Waals surface area contributed by atoms with Gasteiger partial charge in [-0.15, -0.1) is 10.2 Å². The van der Waals surface area contributed by atoms with Crippen LogP contribution in [0.3, 0.4) is 0 Å². The second kappa shape index (κ2) is 3.97. The number of anilines is 1. The molecule has 0 aliphatic carbocycles. The fourth-order valence-electron chi connectivity index (χ4n) is 2.16. The van der Waals surface area contributed by atoms with Gasteiger partial charge >= 0.3 is 0 Å². The van der Waals surface area contributed by atoms with E-state index < -0.39 is 0 Å². The zero-order valence-corrected chi connectivity index (χ0v) is 9.78. The van der Waals surface area contributed by atoms with Gasteiger partial charge in [0.15, 0.2) is 5.65 Å². The standard InChI is InChI=1S/C11H14N4S/c12-9-1-2-10-13-14-11(15(10)7-9)8-3-5-16-6-4-8/h1-2,7-8H,3-6,12H2. The number of hydrogen-bond donors (Lipinski definition) is 1. The minimum Gasteiger partial charge on any atom is -0.398 e. The topological polar surface area (TPSA) is 56.2 Å². The van der Waals surface area contributed by atoms with E-state index in [0.29, 0.717) is 5.92 Å². The summed E-state index contributed by atoms with van der Waals surface area (Å²) < 4.78 is 2.04. The van der Waals surface area contributed by atoms with Crippen LogP contribution in [0.5, 0.6) is 0 Å². The number of nitrogens with zero attached hydrogens (tertiary/aromatic N) is 3. The second-order valence-corrected chi connectivity index (χ2v) is 5.36. The summed E-state index contributed by atoms with van der Waals surface area (Å²) >= 11 is 2.02. The maximum Gasteiger partial charge on any atom is 0.160 e. The Balaban J connectivity index is 2.05. The molecule has 3 heterocycles. The van der Waals surface area contributed by atoms with Gasteiger partial charge in [0.05, 0.1) is 0 Å². The van der Waals surface area contributed by atoms with Gasteiger partial charge < -0.3 is 5.73 Å². The highest BCUT2D eigenvalue weighted by atomic mass is 32.2.